The minimum Gasteiger partial charge on any atom is -0.383 e. The lowest BCUT2D eigenvalue weighted by Crippen LogP contribution is -2.36. The fraction of sp³-hybridized carbons (Fsp3) is 0.600. The molecule has 0 amide bonds. The molecule has 3 rings (SSSR count). The van der Waals surface area contributed by atoms with Gasteiger partial charge >= 0.3 is 0 Å². The van der Waals surface area contributed by atoms with E-state index in [0.717, 1.165) is 43.8 Å². The number of fused-ring (bicyclic) bond motifs is 1. The van der Waals surface area contributed by atoms with E-state index in [9.17, 15) is 0 Å². The molecule has 21 heavy (non-hydrogen) atoms. The lowest BCUT2D eigenvalue weighted by Gasteiger charge is -2.31. The van der Waals surface area contributed by atoms with Crippen LogP contribution in [0.4, 0.5) is 0 Å². The van der Waals surface area contributed by atoms with Gasteiger partial charge in [0.2, 0.25) is 0 Å². The first-order valence-electron chi connectivity index (χ1n) is 7.45. The third-order valence-electron chi connectivity index (χ3n) is 4.25. The Bertz CT molecular complexity index is 592. The molecule has 0 N–H and O–H groups in total. The molecule has 0 unspecified atom stereocenters. The lowest BCUT2D eigenvalue weighted by molar-refractivity contribution is 0.117. The number of methoxy groups -OCH3 is 1. The summed E-state index contributed by atoms with van der Waals surface area (Å²) in [6.45, 7) is 5.19. The van der Waals surface area contributed by atoms with Crippen molar-refractivity contribution in [3.05, 3.63) is 23.5 Å². The fourth-order valence-electron chi connectivity index (χ4n) is 3.00. The predicted octanol–water partition coefficient (Wildman–Crippen LogP) is 2.44. The van der Waals surface area contributed by atoms with Crippen LogP contribution in [0.25, 0.3) is 11.0 Å². The average molecular weight is 309 g/mol. The first kappa shape index (κ1) is 14.8. The van der Waals surface area contributed by atoms with E-state index in [-0.39, 0.29) is 0 Å². The second-order valence-corrected chi connectivity index (χ2v) is 6.08. The number of hydrogen-bond donors (Lipinski definition) is 0. The van der Waals surface area contributed by atoms with Gasteiger partial charge < -0.3 is 14.2 Å². The lowest BCUT2D eigenvalue weighted by atomic mass is 9.97. The molecule has 114 valence electrons. The summed E-state index contributed by atoms with van der Waals surface area (Å²) in [7, 11) is 1.76. The van der Waals surface area contributed by atoms with E-state index in [0.29, 0.717) is 11.1 Å². The van der Waals surface area contributed by atoms with Crippen LogP contribution in [0.2, 0.25) is 5.15 Å². The van der Waals surface area contributed by atoms with Crippen LogP contribution in [0.15, 0.2) is 18.3 Å². The number of rotatable bonds is 5. The highest BCUT2D eigenvalue weighted by atomic mass is 35.5. The summed E-state index contributed by atoms with van der Waals surface area (Å²) in [5.41, 5.74) is 0.932. The molecule has 0 radical (unpaired) electrons. The van der Waals surface area contributed by atoms with Crippen molar-refractivity contribution in [1.29, 1.82) is 0 Å². The average Bonchev–Trinajstić information content (AvgIpc) is 2.88. The van der Waals surface area contributed by atoms with Crippen LogP contribution in [0.3, 0.4) is 0 Å². The van der Waals surface area contributed by atoms with Gasteiger partial charge in [0, 0.05) is 31.8 Å². The zero-order valence-corrected chi connectivity index (χ0v) is 13.1. The van der Waals surface area contributed by atoms with E-state index < -0.39 is 0 Å². The minimum atomic E-state index is 0.451. The molecule has 2 aromatic heterocycles. The van der Waals surface area contributed by atoms with Gasteiger partial charge in [0.25, 0.3) is 0 Å². The standard InChI is InChI=1S/C15H21ClN4O/c1-21-9-8-19-5-2-12(3-6-19)11-20-7-4-13-10-14(16)17-18-15(13)20/h4,7,10,12H,2-3,5-6,8-9,11H2,1H3. The summed E-state index contributed by atoms with van der Waals surface area (Å²) in [6, 6.07) is 3.93. The van der Waals surface area contributed by atoms with Crippen LogP contribution in [0.1, 0.15) is 12.8 Å². The number of nitrogens with zero attached hydrogens (tertiary/aromatic N) is 4. The van der Waals surface area contributed by atoms with Crippen LogP contribution >= 0.6 is 11.6 Å². The van der Waals surface area contributed by atoms with Crippen molar-refractivity contribution >= 4 is 22.6 Å². The highest BCUT2D eigenvalue weighted by Gasteiger charge is 2.20. The Morgan fingerprint density at radius 2 is 2.14 bits per heavy atom. The van der Waals surface area contributed by atoms with Crippen molar-refractivity contribution in [1.82, 2.24) is 19.7 Å². The number of halogens is 1. The molecule has 0 aromatic carbocycles. The van der Waals surface area contributed by atoms with Crippen LogP contribution in [0.5, 0.6) is 0 Å². The van der Waals surface area contributed by atoms with E-state index in [1.54, 1.807) is 7.11 Å². The van der Waals surface area contributed by atoms with Crippen molar-refractivity contribution in [2.45, 2.75) is 19.4 Å². The normalized spacial score (nSPS) is 17.6. The van der Waals surface area contributed by atoms with Gasteiger partial charge in [0.15, 0.2) is 10.8 Å². The van der Waals surface area contributed by atoms with E-state index in [1.807, 2.05) is 6.07 Å². The van der Waals surface area contributed by atoms with Crippen molar-refractivity contribution in [3.63, 3.8) is 0 Å². The van der Waals surface area contributed by atoms with Crippen molar-refractivity contribution in [2.75, 3.05) is 33.4 Å². The Morgan fingerprint density at radius 3 is 2.90 bits per heavy atom. The maximum absolute atomic E-state index is 5.88. The van der Waals surface area contributed by atoms with Crippen LogP contribution < -0.4 is 0 Å². The summed E-state index contributed by atoms with van der Waals surface area (Å²) < 4.78 is 7.35. The number of likely N-dealkylation sites (tertiary alicyclic amines) is 1. The van der Waals surface area contributed by atoms with Crippen molar-refractivity contribution in [2.24, 2.45) is 5.92 Å². The Morgan fingerprint density at radius 1 is 1.33 bits per heavy atom. The number of aromatic nitrogens is 3. The first-order chi connectivity index (χ1) is 10.3. The molecule has 0 atom stereocenters. The van der Waals surface area contributed by atoms with Gasteiger partial charge in [0.1, 0.15) is 0 Å². The molecule has 0 saturated carbocycles. The zero-order valence-electron chi connectivity index (χ0n) is 12.3. The number of hydrogen-bond acceptors (Lipinski definition) is 4. The van der Waals surface area contributed by atoms with Gasteiger partial charge in [-0.05, 0) is 44.0 Å². The fourth-order valence-corrected chi connectivity index (χ4v) is 3.16. The molecule has 6 heteroatoms. The summed E-state index contributed by atoms with van der Waals surface area (Å²) in [6.07, 6.45) is 4.54. The topological polar surface area (TPSA) is 43.2 Å². The number of ether oxygens (including phenoxy) is 1. The molecule has 1 aliphatic heterocycles. The SMILES string of the molecule is COCCN1CCC(Cn2ccc3cc(Cl)nnc32)CC1. The molecular weight excluding hydrogens is 288 g/mol. The Kier molecular flexibility index (Phi) is 4.73. The van der Waals surface area contributed by atoms with E-state index in [2.05, 4.69) is 31.9 Å². The smallest absolute Gasteiger partial charge is 0.162 e. The highest BCUT2D eigenvalue weighted by molar-refractivity contribution is 6.29. The Labute approximate surface area is 129 Å². The number of piperidine rings is 1. The maximum atomic E-state index is 5.88. The first-order valence-corrected chi connectivity index (χ1v) is 7.83. The molecule has 1 aliphatic rings. The molecule has 3 heterocycles. The van der Waals surface area contributed by atoms with Crippen LogP contribution in [-0.2, 0) is 11.3 Å². The van der Waals surface area contributed by atoms with E-state index >= 15 is 0 Å². The third kappa shape index (κ3) is 3.54. The molecule has 1 fully saturated rings. The second kappa shape index (κ2) is 6.73. The monoisotopic (exact) mass is 308 g/mol. The van der Waals surface area contributed by atoms with Crippen LogP contribution in [-0.4, -0.2) is 53.0 Å². The van der Waals surface area contributed by atoms with Gasteiger partial charge in [-0.3, -0.25) is 0 Å². The largest absolute Gasteiger partial charge is 0.383 e. The van der Waals surface area contributed by atoms with Crippen LogP contribution in [0, 0.1) is 5.92 Å². The highest BCUT2D eigenvalue weighted by Crippen LogP contribution is 2.22. The van der Waals surface area contributed by atoms with Gasteiger partial charge in [-0.1, -0.05) is 11.6 Å². The van der Waals surface area contributed by atoms with Crippen molar-refractivity contribution in [3.8, 4) is 0 Å². The quantitative estimate of drug-likeness (QED) is 0.851. The molecule has 2 aromatic rings. The second-order valence-electron chi connectivity index (χ2n) is 5.69. The van der Waals surface area contributed by atoms with Gasteiger partial charge in [-0.25, -0.2) is 0 Å². The zero-order chi connectivity index (χ0) is 14.7. The molecule has 0 spiro atoms. The maximum Gasteiger partial charge on any atom is 0.162 e. The molecule has 0 aliphatic carbocycles. The van der Waals surface area contributed by atoms with E-state index in [1.165, 1.54) is 12.8 Å². The van der Waals surface area contributed by atoms with Crippen molar-refractivity contribution < 1.29 is 4.74 Å². The molecule has 5 nitrogen and oxygen atoms in total. The van der Waals surface area contributed by atoms with Gasteiger partial charge in [-0.15, -0.1) is 10.2 Å². The molecular formula is C15H21ClN4O. The summed E-state index contributed by atoms with van der Waals surface area (Å²) in [5, 5.41) is 9.68. The van der Waals surface area contributed by atoms with Gasteiger partial charge in [-0.2, -0.15) is 0 Å². The molecule has 1 saturated heterocycles. The predicted molar refractivity (Wildman–Crippen MR) is 83.6 cm³/mol. The summed E-state index contributed by atoms with van der Waals surface area (Å²) >= 11 is 5.88. The Hall–Kier alpha value is -1.17. The van der Waals surface area contributed by atoms with Gasteiger partial charge in [0.05, 0.1) is 6.61 Å². The third-order valence-corrected chi connectivity index (χ3v) is 4.44. The van der Waals surface area contributed by atoms with E-state index in [4.69, 9.17) is 16.3 Å². The summed E-state index contributed by atoms with van der Waals surface area (Å²) in [5.74, 6) is 0.705. The summed E-state index contributed by atoms with van der Waals surface area (Å²) in [4.78, 5) is 2.48. The minimum absolute atomic E-state index is 0.451. The molecule has 0 bridgehead atoms. The Balaban J connectivity index is 1.59.